The number of rotatable bonds is 2. The fraction of sp³-hybridized carbons (Fsp3) is 1.00. The van der Waals surface area contributed by atoms with Crippen molar-refractivity contribution in [3.63, 3.8) is 0 Å². The maximum atomic E-state index is 2.33. The Kier molecular flexibility index (Phi) is 6.36. The average molecular weight is 126 g/mol. The van der Waals surface area contributed by atoms with Gasteiger partial charge in [-0.05, 0) is 34.7 Å². The Balaban J connectivity index is 0. The van der Waals surface area contributed by atoms with Crippen molar-refractivity contribution in [1.82, 2.24) is 4.90 Å². The van der Waals surface area contributed by atoms with Gasteiger partial charge in [0.2, 0.25) is 0 Å². The molecule has 53 valence electrons. The molecule has 0 aromatic rings. The molecule has 0 saturated heterocycles. The third-order valence-electron chi connectivity index (χ3n) is 1.63. The van der Waals surface area contributed by atoms with Crippen molar-refractivity contribution in [2.45, 2.75) is 39.8 Å². The monoisotopic (exact) mass is 126 g/mol. The zero-order valence-electron chi connectivity index (χ0n) is 7.18. The highest BCUT2D eigenvalue weighted by molar-refractivity contribution is 5.75. The third kappa shape index (κ3) is 4.52. The summed E-state index contributed by atoms with van der Waals surface area (Å²) in [6, 6.07) is 1.35. The molecule has 0 saturated carbocycles. The SMILES string of the molecule is CC(C)N(C)C(C)C.[B]. The summed E-state index contributed by atoms with van der Waals surface area (Å²) in [4.78, 5) is 2.33. The average Bonchev–Trinajstić information content (AvgIpc) is 1.64. The second-order valence-corrected chi connectivity index (χ2v) is 2.85. The number of nitrogens with zero attached hydrogens (tertiary/aromatic N) is 1. The molecule has 0 spiro atoms. The van der Waals surface area contributed by atoms with Crippen LogP contribution in [0.5, 0.6) is 0 Å². The van der Waals surface area contributed by atoms with E-state index >= 15 is 0 Å². The normalized spacial score (nSPS) is 10.7. The summed E-state index contributed by atoms with van der Waals surface area (Å²) in [5.74, 6) is 0. The lowest BCUT2D eigenvalue weighted by Gasteiger charge is -2.24. The molecule has 0 aromatic carbocycles. The van der Waals surface area contributed by atoms with Crippen LogP contribution >= 0.6 is 0 Å². The van der Waals surface area contributed by atoms with Gasteiger partial charge in [0.1, 0.15) is 0 Å². The van der Waals surface area contributed by atoms with E-state index in [1.807, 2.05) is 0 Å². The molecule has 9 heavy (non-hydrogen) atoms. The lowest BCUT2D eigenvalue weighted by molar-refractivity contribution is 0.222. The van der Waals surface area contributed by atoms with Crippen LogP contribution in [0.4, 0.5) is 0 Å². The standard InChI is InChI=1S/C7H17N.B/c1-6(2)8(5)7(3)4;/h6-7H,1-5H3;. The molecule has 3 radical (unpaired) electrons. The second kappa shape index (κ2) is 4.86. The first-order valence-electron chi connectivity index (χ1n) is 3.27. The van der Waals surface area contributed by atoms with Crippen LogP contribution in [0.15, 0.2) is 0 Å². The van der Waals surface area contributed by atoms with Crippen molar-refractivity contribution in [2.24, 2.45) is 0 Å². The first kappa shape index (κ1) is 11.8. The van der Waals surface area contributed by atoms with Gasteiger partial charge >= 0.3 is 0 Å². The number of hydrogen-bond donors (Lipinski definition) is 0. The highest BCUT2D eigenvalue weighted by Gasteiger charge is 2.04. The smallest absolute Gasteiger partial charge is 0.00382 e. The van der Waals surface area contributed by atoms with E-state index in [0.717, 1.165) is 0 Å². The van der Waals surface area contributed by atoms with Crippen LogP contribution in [0.1, 0.15) is 27.7 Å². The van der Waals surface area contributed by atoms with Crippen molar-refractivity contribution in [2.75, 3.05) is 7.05 Å². The van der Waals surface area contributed by atoms with Crippen molar-refractivity contribution < 1.29 is 0 Å². The molecule has 0 atom stereocenters. The van der Waals surface area contributed by atoms with Gasteiger partial charge in [0.15, 0.2) is 0 Å². The van der Waals surface area contributed by atoms with E-state index in [1.54, 1.807) is 0 Å². The predicted molar refractivity (Wildman–Crippen MR) is 43.8 cm³/mol. The Morgan fingerprint density at radius 1 is 0.889 bits per heavy atom. The van der Waals surface area contributed by atoms with Gasteiger partial charge in [-0.15, -0.1) is 0 Å². The maximum absolute atomic E-state index is 2.33. The van der Waals surface area contributed by atoms with Crippen LogP contribution in [0.2, 0.25) is 0 Å². The first-order chi connectivity index (χ1) is 3.55. The largest absolute Gasteiger partial charge is 0.302 e. The van der Waals surface area contributed by atoms with Crippen LogP contribution < -0.4 is 0 Å². The maximum Gasteiger partial charge on any atom is 0.00382 e. The van der Waals surface area contributed by atoms with Gasteiger partial charge in [-0.3, -0.25) is 0 Å². The first-order valence-corrected chi connectivity index (χ1v) is 3.27. The van der Waals surface area contributed by atoms with Gasteiger partial charge < -0.3 is 4.90 Å². The molecule has 1 nitrogen and oxygen atoms in total. The van der Waals surface area contributed by atoms with Crippen molar-refractivity contribution in [3.8, 4) is 0 Å². The zero-order chi connectivity index (χ0) is 6.73. The summed E-state index contributed by atoms with van der Waals surface area (Å²) in [7, 11) is 2.15. The Hall–Kier alpha value is 0.0249. The highest BCUT2D eigenvalue weighted by atomic mass is 15.1. The van der Waals surface area contributed by atoms with Crippen LogP contribution in [0.25, 0.3) is 0 Å². The zero-order valence-corrected chi connectivity index (χ0v) is 7.18. The minimum atomic E-state index is 0. The third-order valence-corrected chi connectivity index (χ3v) is 1.63. The Morgan fingerprint density at radius 2 is 1.11 bits per heavy atom. The van der Waals surface area contributed by atoms with E-state index in [2.05, 4.69) is 39.6 Å². The molecular weight excluding hydrogens is 109 g/mol. The van der Waals surface area contributed by atoms with E-state index in [0.29, 0.717) is 12.1 Å². The number of hydrogen-bond acceptors (Lipinski definition) is 1. The Labute approximate surface area is 61.0 Å². The van der Waals surface area contributed by atoms with Crippen molar-refractivity contribution >= 4 is 8.41 Å². The fourth-order valence-electron chi connectivity index (χ4n) is 0.596. The summed E-state index contributed by atoms with van der Waals surface area (Å²) in [6.07, 6.45) is 0. The molecular formula is C7H17BN. The van der Waals surface area contributed by atoms with Crippen LogP contribution in [0, 0.1) is 0 Å². The van der Waals surface area contributed by atoms with Gasteiger partial charge in [-0.25, -0.2) is 0 Å². The van der Waals surface area contributed by atoms with Crippen molar-refractivity contribution in [1.29, 1.82) is 0 Å². The molecule has 0 N–H and O–H groups in total. The van der Waals surface area contributed by atoms with Gasteiger partial charge in [0.05, 0.1) is 0 Å². The van der Waals surface area contributed by atoms with Gasteiger partial charge in [0.25, 0.3) is 0 Å². The fourth-order valence-corrected chi connectivity index (χ4v) is 0.596. The van der Waals surface area contributed by atoms with Gasteiger partial charge in [-0.2, -0.15) is 0 Å². The Morgan fingerprint density at radius 3 is 1.11 bits per heavy atom. The summed E-state index contributed by atoms with van der Waals surface area (Å²) in [5.41, 5.74) is 0. The lowest BCUT2D eigenvalue weighted by atomic mass is 10.3. The quantitative estimate of drug-likeness (QED) is 0.505. The molecule has 0 aliphatic rings. The summed E-state index contributed by atoms with van der Waals surface area (Å²) in [6.45, 7) is 8.83. The van der Waals surface area contributed by atoms with E-state index < -0.39 is 0 Å². The van der Waals surface area contributed by atoms with Gasteiger partial charge in [0, 0.05) is 20.5 Å². The minimum absolute atomic E-state index is 0. The molecule has 0 unspecified atom stereocenters. The molecule has 0 bridgehead atoms. The molecule has 0 heterocycles. The second-order valence-electron chi connectivity index (χ2n) is 2.85. The van der Waals surface area contributed by atoms with Crippen LogP contribution in [-0.2, 0) is 0 Å². The van der Waals surface area contributed by atoms with E-state index in [-0.39, 0.29) is 8.41 Å². The molecule has 0 aliphatic carbocycles. The van der Waals surface area contributed by atoms with E-state index in [4.69, 9.17) is 0 Å². The van der Waals surface area contributed by atoms with Crippen molar-refractivity contribution in [3.05, 3.63) is 0 Å². The van der Waals surface area contributed by atoms with E-state index in [9.17, 15) is 0 Å². The van der Waals surface area contributed by atoms with Gasteiger partial charge in [-0.1, -0.05) is 0 Å². The molecule has 0 aromatic heterocycles. The topological polar surface area (TPSA) is 3.24 Å². The van der Waals surface area contributed by atoms with Crippen LogP contribution in [-0.4, -0.2) is 32.4 Å². The molecule has 0 amide bonds. The molecule has 0 rings (SSSR count). The van der Waals surface area contributed by atoms with E-state index in [1.165, 1.54) is 0 Å². The highest BCUT2D eigenvalue weighted by Crippen LogP contribution is 1.98. The van der Waals surface area contributed by atoms with Crippen LogP contribution in [0.3, 0.4) is 0 Å². The summed E-state index contributed by atoms with van der Waals surface area (Å²) < 4.78 is 0. The Bertz CT molecular complexity index is 53.9. The minimum Gasteiger partial charge on any atom is -0.302 e. The summed E-state index contributed by atoms with van der Waals surface area (Å²) >= 11 is 0. The predicted octanol–water partition coefficient (Wildman–Crippen LogP) is 1.35. The summed E-state index contributed by atoms with van der Waals surface area (Å²) in [5, 5.41) is 0. The molecule has 0 fully saturated rings. The lowest BCUT2D eigenvalue weighted by Crippen LogP contribution is -2.32. The molecule has 0 aliphatic heterocycles. The molecule has 2 heteroatoms.